The van der Waals surface area contributed by atoms with E-state index < -0.39 is 0 Å². The lowest BCUT2D eigenvalue weighted by Crippen LogP contribution is -2.27. The van der Waals surface area contributed by atoms with Crippen LogP contribution in [0.2, 0.25) is 5.02 Å². The van der Waals surface area contributed by atoms with Gasteiger partial charge in [-0.15, -0.1) is 0 Å². The third-order valence-electron chi connectivity index (χ3n) is 3.07. The van der Waals surface area contributed by atoms with Crippen molar-refractivity contribution in [2.45, 2.75) is 12.5 Å². The summed E-state index contributed by atoms with van der Waals surface area (Å²) in [5.41, 5.74) is 7.13. The van der Waals surface area contributed by atoms with Gasteiger partial charge in [0.1, 0.15) is 5.69 Å². The fraction of sp³-hybridized carbons (Fsp3) is 0.231. The summed E-state index contributed by atoms with van der Waals surface area (Å²) in [7, 11) is 0. The number of anilines is 1. The van der Waals surface area contributed by atoms with Crippen LogP contribution in [0.5, 0.6) is 0 Å². The number of hydrogen-bond acceptors (Lipinski definition) is 4. The molecule has 1 aliphatic rings. The van der Waals surface area contributed by atoms with Crippen LogP contribution in [-0.2, 0) is 4.79 Å². The lowest BCUT2D eigenvalue weighted by Gasteiger charge is -2.09. The molecule has 1 fully saturated rings. The molecule has 2 N–H and O–H groups in total. The van der Waals surface area contributed by atoms with E-state index in [0.717, 1.165) is 5.56 Å². The second kappa shape index (κ2) is 4.68. The molecular formula is C13H12ClN3O2. The molecule has 1 aromatic heterocycles. The third kappa shape index (κ3) is 2.22. The number of halogens is 1. The Morgan fingerprint density at radius 1 is 1.42 bits per heavy atom. The molecule has 98 valence electrons. The molecule has 5 nitrogen and oxygen atoms in total. The summed E-state index contributed by atoms with van der Waals surface area (Å²) in [5.74, 6) is 0.363. The number of hydrogen-bond donors (Lipinski definition) is 1. The number of benzene rings is 1. The maximum absolute atomic E-state index is 11.7. The Morgan fingerprint density at radius 3 is 2.89 bits per heavy atom. The highest BCUT2D eigenvalue weighted by Gasteiger charge is 2.30. The molecule has 0 bridgehead atoms. The number of nitrogens with two attached hydrogens (primary N) is 1. The first-order chi connectivity index (χ1) is 9.15. The Balaban J connectivity index is 1.92. The van der Waals surface area contributed by atoms with Gasteiger partial charge in [-0.25, -0.2) is 0 Å². The van der Waals surface area contributed by atoms with E-state index >= 15 is 0 Å². The summed E-state index contributed by atoms with van der Waals surface area (Å²) < 4.78 is 5.22. The van der Waals surface area contributed by atoms with Gasteiger partial charge in [0.05, 0.1) is 5.02 Å². The summed E-state index contributed by atoms with van der Waals surface area (Å²) in [6.45, 7) is 0.454. The van der Waals surface area contributed by atoms with Gasteiger partial charge < -0.3 is 10.3 Å². The van der Waals surface area contributed by atoms with Gasteiger partial charge in [0, 0.05) is 30.6 Å². The van der Waals surface area contributed by atoms with Crippen molar-refractivity contribution in [2.75, 3.05) is 11.4 Å². The van der Waals surface area contributed by atoms with Crippen LogP contribution in [0.15, 0.2) is 34.9 Å². The minimum atomic E-state index is -0.152. The van der Waals surface area contributed by atoms with E-state index in [1.54, 1.807) is 12.1 Å². The van der Waals surface area contributed by atoms with Crippen molar-refractivity contribution in [2.24, 2.45) is 5.73 Å². The zero-order chi connectivity index (χ0) is 13.4. The molecule has 6 heteroatoms. The molecule has 0 spiro atoms. The Morgan fingerprint density at radius 2 is 2.21 bits per heavy atom. The first kappa shape index (κ1) is 12.2. The van der Waals surface area contributed by atoms with Crippen molar-refractivity contribution in [3.8, 4) is 11.3 Å². The summed E-state index contributed by atoms with van der Waals surface area (Å²) in [5, 5.41) is 4.55. The van der Waals surface area contributed by atoms with E-state index in [0.29, 0.717) is 29.6 Å². The number of nitrogens with zero attached hydrogens (tertiary/aromatic N) is 2. The van der Waals surface area contributed by atoms with Crippen LogP contribution in [0, 0.1) is 0 Å². The SMILES string of the molecule is NC1CC(=O)N(c2cc(-c3ccccc3Cl)no2)C1. The summed E-state index contributed by atoms with van der Waals surface area (Å²) in [4.78, 5) is 13.2. The first-order valence-electron chi connectivity index (χ1n) is 5.92. The van der Waals surface area contributed by atoms with Crippen molar-refractivity contribution in [3.63, 3.8) is 0 Å². The van der Waals surface area contributed by atoms with Crippen LogP contribution in [0.4, 0.5) is 5.88 Å². The number of amides is 1. The molecule has 1 unspecified atom stereocenters. The maximum Gasteiger partial charge on any atom is 0.234 e. The molecule has 0 saturated carbocycles. The summed E-state index contributed by atoms with van der Waals surface area (Å²) in [6.07, 6.45) is 0.335. The monoisotopic (exact) mass is 277 g/mol. The van der Waals surface area contributed by atoms with Crippen LogP contribution in [0.3, 0.4) is 0 Å². The van der Waals surface area contributed by atoms with Crippen molar-refractivity contribution >= 4 is 23.4 Å². The summed E-state index contributed by atoms with van der Waals surface area (Å²) >= 11 is 6.10. The molecule has 2 aromatic rings. The van der Waals surface area contributed by atoms with E-state index in [-0.39, 0.29) is 11.9 Å². The highest BCUT2D eigenvalue weighted by Crippen LogP contribution is 2.30. The van der Waals surface area contributed by atoms with Gasteiger partial charge in [0.15, 0.2) is 0 Å². The average Bonchev–Trinajstić information content (AvgIpc) is 2.96. The van der Waals surface area contributed by atoms with Gasteiger partial charge in [-0.3, -0.25) is 9.69 Å². The molecular weight excluding hydrogens is 266 g/mol. The van der Waals surface area contributed by atoms with Gasteiger partial charge in [0.2, 0.25) is 11.8 Å². The largest absolute Gasteiger partial charge is 0.338 e. The molecule has 3 rings (SSSR count). The molecule has 0 aliphatic carbocycles. The average molecular weight is 278 g/mol. The van der Waals surface area contributed by atoms with E-state index in [1.165, 1.54) is 4.90 Å². The number of carbonyl (C=O) groups excluding carboxylic acids is 1. The van der Waals surface area contributed by atoms with Crippen molar-refractivity contribution in [1.29, 1.82) is 0 Å². The van der Waals surface area contributed by atoms with Crippen molar-refractivity contribution in [1.82, 2.24) is 5.16 Å². The third-order valence-corrected chi connectivity index (χ3v) is 3.40. The zero-order valence-electron chi connectivity index (χ0n) is 10.0. The molecule has 0 radical (unpaired) electrons. The van der Waals surface area contributed by atoms with Gasteiger partial charge in [-0.2, -0.15) is 0 Å². The van der Waals surface area contributed by atoms with Crippen LogP contribution in [0.25, 0.3) is 11.3 Å². The molecule has 2 heterocycles. The molecule has 1 aliphatic heterocycles. The molecule has 1 atom stereocenters. The van der Waals surface area contributed by atoms with Crippen molar-refractivity contribution < 1.29 is 9.32 Å². The normalized spacial score (nSPS) is 19.2. The van der Waals surface area contributed by atoms with Crippen LogP contribution >= 0.6 is 11.6 Å². The lowest BCUT2D eigenvalue weighted by molar-refractivity contribution is -0.117. The van der Waals surface area contributed by atoms with Gasteiger partial charge in [-0.1, -0.05) is 35.0 Å². The van der Waals surface area contributed by atoms with Crippen molar-refractivity contribution in [3.05, 3.63) is 35.4 Å². The van der Waals surface area contributed by atoms with E-state index in [4.69, 9.17) is 21.9 Å². The predicted molar refractivity (Wildman–Crippen MR) is 71.9 cm³/mol. The minimum absolute atomic E-state index is 0.0469. The lowest BCUT2D eigenvalue weighted by atomic mass is 10.1. The molecule has 1 aromatic carbocycles. The quantitative estimate of drug-likeness (QED) is 0.912. The Hall–Kier alpha value is -1.85. The standard InChI is InChI=1S/C13H12ClN3O2/c14-10-4-2-1-3-9(10)11-6-13(19-16-11)17-7-8(15)5-12(17)18/h1-4,6,8H,5,7,15H2. The zero-order valence-corrected chi connectivity index (χ0v) is 10.8. The Bertz CT molecular complexity index is 626. The van der Waals surface area contributed by atoms with Gasteiger partial charge >= 0.3 is 0 Å². The highest BCUT2D eigenvalue weighted by atomic mass is 35.5. The predicted octanol–water partition coefficient (Wildman–Crippen LogP) is 2.06. The van der Waals surface area contributed by atoms with Gasteiger partial charge in [0.25, 0.3) is 0 Å². The summed E-state index contributed by atoms with van der Waals surface area (Å²) in [6, 6.07) is 8.89. The van der Waals surface area contributed by atoms with Crippen LogP contribution in [-0.4, -0.2) is 23.7 Å². The highest BCUT2D eigenvalue weighted by molar-refractivity contribution is 6.33. The molecule has 1 saturated heterocycles. The Kier molecular flexibility index (Phi) is 3.00. The molecule has 19 heavy (non-hydrogen) atoms. The van der Waals surface area contributed by atoms with Gasteiger partial charge in [-0.05, 0) is 6.07 Å². The molecule has 1 amide bonds. The van der Waals surface area contributed by atoms with E-state index in [9.17, 15) is 4.79 Å². The topological polar surface area (TPSA) is 72.4 Å². The second-order valence-electron chi connectivity index (χ2n) is 4.50. The fourth-order valence-electron chi connectivity index (χ4n) is 2.14. The second-order valence-corrected chi connectivity index (χ2v) is 4.91. The maximum atomic E-state index is 11.7. The smallest absolute Gasteiger partial charge is 0.234 e. The minimum Gasteiger partial charge on any atom is -0.338 e. The van der Waals surface area contributed by atoms with E-state index in [2.05, 4.69) is 5.16 Å². The fourth-order valence-corrected chi connectivity index (χ4v) is 2.37. The Labute approximate surface area is 114 Å². The number of carbonyl (C=O) groups is 1. The van der Waals surface area contributed by atoms with Crippen LogP contribution < -0.4 is 10.6 Å². The van der Waals surface area contributed by atoms with Crippen LogP contribution in [0.1, 0.15) is 6.42 Å². The number of rotatable bonds is 2. The number of aromatic nitrogens is 1. The van der Waals surface area contributed by atoms with E-state index in [1.807, 2.05) is 18.2 Å². The first-order valence-corrected chi connectivity index (χ1v) is 6.30.